The third kappa shape index (κ3) is 3.50. The molecule has 0 atom stereocenters. The highest BCUT2D eigenvalue weighted by atomic mass is 16.7. The average Bonchev–Trinajstić information content (AvgIpc) is 2.59. The summed E-state index contributed by atoms with van der Waals surface area (Å²) in [4.78, 5) is 24.2. The molecule has 0 fully saturated rings. The van der Waals surface area contributed by atoms with Crippen molar-refractivity contribution in [1.82, 2.24) is 0 Å². The van der Waals surface area contributed by atoms with E-state index in [2.05, 4.69) is 13.2 Å². The lowest BCUT2D eigenvalue weighted by molar-refractivity contribution is -0.193. The molecule has 0 aromatic rings. The lowest BCUT2D eigenvalue weighted by Gasteiger charge is -2.34. The molecule has 0 amide bonds. The van der Waals surface area contributed by atoms with Gasteiger partial charge in [-0.05, 0) is 0 Å². The van der Waals surface area contributed by atoms with Crippen LogP contribution in [0.15, 0.2) is 48.0 Å². The Morgan fingerprint density at radius 1 is 1.00 bits per heavy atom. The van der Waals surface area contributed by atoms with Crippen LogP contribution in [0.25, 0.3) is 0 Å². The van der Waals surface area contributed by atoms with Crippen molar-refractivity contribution in [2.45, 2.75) is 12.2 Å². The second kappa shape index (κ2) is 8.32. The fourth-order valence-corrected chi connectivity index (χ4v) is 2.10. The van der Waals surface area contributed by atoms with Gasteiger partial charge in [-0.1, -0.05) is 25.3 Å². The fraction of sp³-hybridized carbons (Fsp3) is 0.375. The lowest BCUT2D eigenvalue weighted by atomic mass is 9.90. The molecule has 0 spiro atoms. The van der Waals surface area contributed by atoms with E-state index < -0.39 is 35.7 Å². The molecule has 132 valence electrons. The summed E-state index contributed by atoms with van der Waals surface area (Å²) in [6, 6.07) is 0. The zero-order valence-corrected chi connectivity index (χ0v) is 13.5. The highest BCUT2D eigenvalue weighted by molar-refractivity contribution is 5.97. The molecular formula is C16H20O8. The van der Waals surface area contributed by atoms with E-state index in [1.807, 2.05) is 0 Å². The van der Waals surface area contributed by atoms with Crippen LogP contribution in [-0.2, 0) is 28.5 Å². The Labute approximate surface area is 139 Å². The number of aliphatic hydroxyl groups excluding tert-OH is 2. The van der Waals surface area contributed by atoms with Gasteiger partial charge in [0.05, 0.1) is 11.1 Å². The SMILES string of the molecule is C=CCOC(=O)C1=C(O)C(OC)(OC)C(O)=C(C(=O)OCC=C)C1. The van der Waals surface area contributed by atoms with Gasteiger partial charge < -0.3 is 29.2 Å². The van der Waals surface area contributed by atoms with Gasteiger partial charge in [-0.25, -0.2) is 9.59 Å². The third-order valence-electron chi connectivity index (χ3n) is 3.28. The molecule has 8 heteroatoms. The first kappa shape index (κ1) is 19.5. The van der Waals surface area contributed by atoms with Gasteiger partial charge in [0.2, 0.25) is 0 Å². The van der Waals surface area contributed by atoms with E-state index >= 15 is 0 Å². The van der Waals surface area contributed by atoms with Gasteiger partial charge in [0.1, 0.15) is 13.2 Å². The Balaban J connectivity index is 3.35. The van der Waals surface area contributed by atoms with Crippen LogP contribution in [0.1, 0.15) is 6.42 Å². The maximum atomic E-state index is 12.1. The summed E-state index contributed by atoms with van der Waals surface area (Å²) < 4.78 is 19.8. The minimum atomic E-state index is -2.21. The molecule has 1 aliphatic carbocycles. The summed E-state index contributed by atoms with van der Waals surface area (Å²) in [7, 11) is 2.25. The minimum Gasteiger partial charge on any atom is -0.506 e. The van der Waals surface area contributed by atoms with E-state index in [0.717, 1.165) is 14.2 Å². The van der Waals surface area contributed by atoms with Gasteiger partial charge in [-0.3, -0.25) is 0 Å². The number of methoxy groups -OCH3 is 2. The normalized spacial score (nSPS) is 16.6. The monoisotopic (exact) mass is 340 g/mol. The first-order valence-electron chi connectivity index (χ1n) is 6.91. The molecule has 0 radical (unpaired) electrons. The number of rotatable bonds is 8. The van der Waals surface area contributed by atoms with Crippen molar-refractivity contribution in [2.24, 2.45) is 0 Å². The molecule has 0 heterocycles. The number of carbonyl (C=O) groups is 2. The van der Waals surface area contributed by atoms with Crippen molar-refractivity contribution < 1.29 is 38.7 Å². The first-order chi connectivity index (χ1) is 11.4. The topological polar surface area (TPSA) is 112 Å². The molecule has 24 heavy (non-hydrogen) atoms. The highest BCUT2D eigenvalue weighted by Crippen LogP contribution is 2.39. The van der Waals surface area contributed by atoms with Crippen LogP contribution in [0.4, 0.5) is 0 Å². The van der Waals surface area contributed by atoms with Gasteiger partial charge >= 0.3 is 11.9 Å². The van der Waals surface area contributed by atoms with E-state index in [-0.39, 0.29) is 24.4 Å². The lowest BCUT2D eigenvalue weighted by Crippen LogP contribution is -2.44. The van der Waals surface area contributed by atoms with Crippen molar-refractivity contribution in [1.29, 1.82) is 0 Å². The molecule has 8 nitrogen and oxygen atoms in total. The van der Waals surface area contributed by atoms with Gasteiger partial charge in [0.25, 0.3) is 5.79 Å². The number of aliphatic hydroxyl groups is 2. The molecule has 1 rings (SSSR count). The van der Waals surface area contributed by atoms with Gasteiger partial charge in [-0.15, -0.1) is 0 Å². The smallest absolute Gasteiger partial charge is 0.338 e. The summed E-state index contributed by atoms with van der Waals surface area (Å²) >= 11 is 0. The van der Waals surface area contributed by atoms with E-state index in [0.29, 0.717) is 0 Å². The average molecular weight is 340 g/mol. The Morgan fingerprint density at radius 3 is 1.67 bits per heavy atom. The Morgan fingerprint density at radius 2 is 1.38 bits per heavy atom. The molecule has 0 aliphatic heterocycles. The Hall–Kier alpha value is -2.58. The van der Waals surface area contributed by atoms with Crippen LogP contribution in [0.3, 0.4) is 0 Å². The van der Waals surface area contributed by atoms with Crippen molar-refractivity contribution >= 4 is 11.9 Å². The molecule has 0 aromatic heterocycles. The standard InChI is InChI=1S/C16H20O8/c1-5-7-23-14(19)10-9-11(15(20)24-8-6-2)13(18)16(21-3,22-4)12(10)17/h5-6,17-18H,1-2,7-9H2,3-4H3. The molecule has 0 unspecified atom stereocenters. The largest absolute Gasteiger partial charge is 0.506 e. The second-order valence-corrected chi connectivity index (χ2v) is 4.63. The minimum absolute atomic E-state index is 0.103. The predicted octanol–water partition coefficient (Wildman–Crippen LogP) is 1.46. The van der Waals surface area contributed by atoms with Crippen LogP contribution in [-0.4, -0.2) is 55.4 Å². The van der Waals surface area contributed by atoms with E-state index in [1.165, 1.54) is 12.2 Å². The summed E-state index contributed by atoms with van der Waals surface area (Å²) in [6.07, 6.45) is 2.26. The van der Waals surface area contributed by atoms with Crippen LogP contribution in [0.2, 0.25) is 0 Å². The number of ether oxygens (including phenoxy) is 4. The molecular weight excluding hydrogens is 320 g/mol. The van der Waals surface area contributed by atoms with Crippen molar-refractivity contribution in [3.8, 4) is 0 Å². The van der Waals surface area contributed by atoms with Gasteiger partial charge in [0, 0.05) is 20.6 Å². The third-order valence-corrected chi connectivity index (χ3v) is 3.28. The van der Waals surface area contributed by atoms with Crippen LogP contribution in [0.5, 0.6) is 0 Å². The molecule has 0 saturated heterocycles. The Bertz CT molecular complexity index is 547. The molecule has 0 bridgehead atoms. The summed E-state index contributed by atoms with van der Waals surface area (Å²) in [5.41, 5.74) is -0.604. The number of esters is 2. The van der Waals surface area contributed by atoms with Gasteiger partial charge in [-0.2, -0.15) is 0 Å². The molecule has 0 saturated carbocycles. The van der Waals surface area contributed by atoms with Crippen molar-refractivity contribution in [3.63, 3.8) is 0 Å². The first-order valence-corrected chi connectivity index (χ1v) is 6.91. The molecule has 2 N–H and O–H groups in total. The number of carbonyl (C=O) groups excluding carboxylic acids is 2. The number of hydrogen-bond donors (Lipinski definition) is 2. The maximum Gasteiger partial charge on any atom is 0.338 e. The molecule has 0 aromatic carbocycles. The van der Waals surface area contributed by atoms with E-state index in [9.17, 15) is 19.8 Å². The quantitative estimate of drug-likeness (QED) is 0.388. The summed E-state index contributed by atoms with van der Waals surface area (Å²) in [5.74, 6) is -5.44. The number of hydrogen-bond acceptors (Lipinski definition) is 8. The van der Waals surface area contributed by atoms with Gasteiger partial charge in [0.15, 0.2) is 11.5 Å². The predicted molar refractivity (Wildman–Crippen MR) is 83.0 cm³/mol. The van der Waals surface area contributed by atoms with Crippen LogP contribution >= 0.6 is 0 Å². The highest BCUT2D eigenvalue weighted by Gasteiger charge is 2.50. The molecule has 1 aliphatic rings. The van der Waals surface area contributed by atoms with Crippen molar-refractivity contribution in [3.05, 3.63) is 48.0 Å². The van der Waals surface area contributed by atoms with Crippen molar-refractivity contribution in [2.75, 3.05) is 27.4 Å². The zero-order chi connectivity index (χ0) is 18.3. The van der Waals surface area contributed by atoms with E-state index in [1.54, 1.807) is 0 Å². The maximum absolute atomic E-state index is 12.1. The Kier molecular flexibility index (Phi) is 6.75. The van der Waals surface area contributed by atoms with E-state index in [4.69, 9.17) is 18.9 Å². The zero-order valence-electron chi connectivity index (χ0n) is 13.5. The van der Waals surface area contributed by atoms with Crippen LogP contribution in [0, 0.1) is 0 Å². The summed E-state index contributed by atoms with van der Waals surface area (Å²) in [6.45, 7) is 6.61. The fourth-order valence-electron chi connectivity index (χ4n) is 2.10. The van der Waals surface area contributed by atoms with Crippen LogP contribution < -0.4 is 0 Å². The second-order valence-electron chi connectivity index (χ2n) is 4.63. The summed E-state index contributed by atoms with van der Waals surface area (Å²) in [5, 5.41) is 20.7.